The topological polar surface area (TPSA) is 97.8 Å². The summed E-state index contributed by atoms with van der Waals surface area (Å²) in [4.78, 5) is 23.9. The molecule has 1 aromatic heterocycles. The minimum Gasteiger partial charge on any atom is -0.493 e. The van der Waals surface area contributed by atoms with Gasteiger partial charge in [0.15, 0.2) is 11.5 Å². The number of amides is 1. The van der Waals surface area contributed by atoms with Crippen LogP contribution < -0.4 is 25.0 Å². The molecule has 3 aromatic rings. The lowest BCUT2D eigenvalue weighted by Crippen LogP contribution is -2.36. The summed E-state index contributed by atoms with van der Waals surface area (Å²) >= 11 is 0. The molecule has 0 radical (unpaired) electrons. The molecule has 0 spiro atoms. The lowest BCUT2D eigenvalue weighted by Gasteiger charge is -2.28. The van der Waals surface area contributed by atoms with Crippen molar-refractivity contribution < 1.29 is 19.0 Å². The van der Waals surface area contributed by atoms with Crippen LogP contribution in [0.2, 0.25) is 0 Å². The number of rotatable bonds is 7. The van der Waals surface area contributed by atoms with Crippen molar-refractivity contribution in [3.8, 4) is 11.5 Å². The van der Waals surface area contributed by atoms with Crippen LogP contribution in [-0.4, -0.2) is 56.4 Å². The Morgan fingerprint density at radius 1 is 0.939 bits per heavy atom. The van der Waals surface area contributed by atoms with Crippen LogP contribution in [0.5, 0.6) is 11.5 Å². The summed E-state index contributed by atoms with van der Waals surface area (Å²) in [5, 5.41) is 6.20. The highest BCUT2D eigenvalue weighted by molar-refractivity contribution is 6.04. The van der Waals surface area contributed by atoms with Gasteiger partial charge in [0, 0.05) is 36.1 Å². The van der Waals surface area contributed by atoms with Gasteiger partial charge in [-0.05, 0) is 49.4 Å². The molecule has 1 amide bonds. The van der Waals surface area contributed by atoms with Gasteiger partial charge in [0.2, 0.25) is 0 Å². The molecule has 2 heterocycles. The SMILES string of the molecule is COc1ccc(C(=O)Nc2ccc(Nc3cc(N4CCOCC4)nc(C)n3)cc2)cc1OC. The van der Waals surface area contributed by atoms with Crippen molar-refractivity contribution in [3.05, 3.63) is 59.9 Å². The fourth-order valence-electron chi connectivity index (χ4n) is 3.54. The predicted octanol–water partition coefficient (Wildman–Crippen LogP) is 3.63. The predicted molar refractivity (Wildman–Crippen MR) is 127 cm³/mol. The second-order valence-electron chi connectivity index (χ2n) is 7.48. The van der Waals surface area contributed by atoms with E-state index >= 15 is 0 Å². The summed E-state index contributed by atoms with van der Waals surface area (Å²) in [6.45, 7) is 4.89. The number of benzene rings is 2. The average Bonchev–Trinajstić information content (AvgIpc) is 2.85. The van der Waals surface area contributed by atoms with E-state index < -0.39 is 0 Å². The molecule has 1 aliphatic heterocycles. The molecule has 0 unspecified atom stereocenters. The molecule has 1 saturated heterocycles. The molecule has 1 fully saturated rings. The van der Waals surface area contributed by atoms with E-state index in [-0.39, 0.29) is 5.91 Å². The number of hydrogen-bond donors (Lipinski definition) is 2. The highest BCUT2D eigenvalue weighted by Gasteiger charge is 2.15. The minimum atomic E-state index is -0.238. The van der Waals surface area contributed by atoms with Crippen molar-refractivity contribution in [3.63, 3.8) is 0 Å². The van der Waals surface area contributed by atoms with Crippen molar-refractivity contribution in [1.29, 1.82) is 0 Å². The average molecular weight is 450 g/mol. The summed E-state index contributed by atoms with van der Waals surface area (Å²) in [5.41, 5.74) is 2.00. The summed E-state index contributed by atoms with van der Waals surface area (Å²) < 4.78 is 15.9. The van der Waals surface area contributed by atoms with Crippen LogP contribution in [0.25, 0.3) is 0 Å². The van der Waals surface area contributed by atoms with Gasteiger partial charge >= 0.3 is 0 Å². The minimum absolute atomic E-state index is 0.238. The van der Waals surface area contributed by atoms with Gasteiger partial charge in [-0.15, -0.1) is 0 Å². The Bertz CT molecular complexity index is 1110. The van der Waals surface area contributed by atoms with Crippen molar-refractivity contribution in [1.82, 2.24) is 9.97 Å². The van der Waals surface area contributed by atoms with Gasteiger partial charge in [-0.3, -0.25) is 4.79 Å². The van der Waals surface area contributed by atoms with E-state index in [9.17, 15) is 4.79 Å². The number of methoxy groups -OCH3 is 2. The number of carbonyl (C=O) groups excluding carboxylic acids is 1. The second-order valence-corrected chi connectivity index (χ2v) is 7.48. The third-order valence-electron chi connectivity index (χ3n) is 5.22. The Kier molecular flexibility index (Phi) is 6.89. The Labute approximate surface area is 192 Å². The van der Waals surface area contributed by atoms with E-state index in [2.05, 4.69) is 25.5 Å². The molecule has 0 saturated carbocycles. The first-order valence-corrected chi connectivity index (χ1v) is 10.6. The quantitative estimate of drug-likeness (QED) is 0.564. The van der Waals surface area contributed by atoms with E-state index in [1.54, 1.807) is 25.3 Å². The van der Waals surface area contributed by atoms with Crippen LogP contribution in [0, 0.1) is 6.92 Å². The lowest BCUT2D eigenvalue weighted by atomic mass is 10.1. The van der Waals surface area contributed by atoms with Crippen LogP contribution in [0.4, 0.5) is 23.0 Å². The van der Waals surface area contributed by atoms with Gasteiger partial charge in [0.05, 0.1) is 27.4 Å². The number of hydrogen-bond acceptors (Lipinski definition) is 8. The zero-order valence-corrected chi connectivity index (χ0v) is 18.9. The summed E-state index contributed by atoms with van der Waals surface area (Å²) in [6.07, 6.45) is 0. The van der Waals surface area contributed by atoms with E-state index in [4.69, 9.17) is 14.2 Å². The normalized spacial score (nSPS) is 13.4. The van der Waals surface area contributed by atoms with E-state index in [0.29, 0.717) is 47.6 Å². The highest BCUT2D eigenvalue weighted by atomic mass is 16.5. The number of nitrogens with zero attached hydrogens (tertiary/aromatic N) is 3. The van der Waals surface area contributed by atoms with E-state index in [1.807, 2.05) is 37.3 Å². The molecule has 0 aliphatic carbocycles. The Hall–Kier alpha value is -3.85. The molecule has 33 heavy (non-hydrogen) atoms. The number of ether oxygens (including phenoxy) is 3. The third kappa shape index (κ3) is 5.50. The Morgan fingerprint density at radius 3 is 2.33 bits per heavy atom. The van der Waals surface area contributed by atoms with Gasteiger partial charge in [0.1, 0.15) is 17.5 Å². The van der Waals surface area contributed by atoms with Crippen LogP contribution >= 0.6 is 0 Å². The number of nitrogens with one attached hydrogen (secondary N) is 2. The molecule has 9 nitrogen and oxygen atoms in total. The van der Waals surface area contributed by atoms with Crippen LogP contribution in [0.1, 0.15) is 16.2 Å². The number of aromatic nitrogens is 2. The van der Waals surface area contributed by atoms with Gasteiger partial charge in [-0.2, -0.15) is 0 Å². The molecule has 0 bridgehead atoms. The second kappa shape index (κ2) is 10.2. The van der Waals surface area contributed by atoms with Crippen molar-refractivity contribution in [2.75, 3.05) is 56.1 Å². The molecule has 1 aliphatic rings. The number of morpholine rings is 1. The van der Waals surface area contributed by atoms with Crippen molar-refractivity contribution >= 4 is 28.9 Å². The largest absolute Gasteiger partial charge is 0.493 e. The van der Waals surface area contributed by atoms with Crippen molar-refractivity contribution in [2.24, 2.45) is 0 Å². The number of carbonyl (C=O) groups is 1. The number of aryl methyl sites for hydroxylation is 1. The summed E-state index contributed by atoms with van der Waals surface area (Å²) in [6, 6.07) is 14.4. The van der Waals surface area contributed by atoms with E-state index in [1.165, 1.54) is 7.11 Å². The maximum Gasteiger partial charge on any atom is 0.255 e. The number of anilines is 4. The highest BCUT2D eigenvalue weighted by Crippen LogP contribution is 2.28. The molecule has 0 atom stereocenters. The maximum atomic E-state index is 12.6. The molecular weight excluding hydrogens is 422 g/mol. The Morgan fingerprint density at radius 2 is 1.64 bits per heavy atom. The van der Waals surface area contributed by atoms with Crippen molar-refractivity contribution in [2.45, 2.75) is 6.92 Å². The first-order chi connectivity index (χ1) is 16.1. The zero-order valence-electron chi connectivity index (χ0n) is 18.9. The fourth-order valence-corrected chi connectivity index (χ4v) is 3.54. The fraction of sp³-hybridized carbons (Fsp3) is 0.292. The first-order valence-electron chi connectivity index (χ1n) is 10.6. The lowest BCUT2D eigenvalue weighted by molar-refractivity contribution is 0.102. The van der Waals surface area contributed by atoms with Gasteiger partial charge in [-0.1, -0.05) is 0 Å². The monoisotopic (exact) mass is 449 g/mol. The standard InChI is InChI=1S/C24H27N5O4/c1-16-25-22(15-23(26-16)29-10-12-33-13-11-29)27-18-5-7-19(8-6-18)28-24(30)17-4-9-20(31-2)21(14-17)32-3/h4-9,14-15H,10-13H2,1-3H3,(H,28,30)(H,25,26,27). The van der Waals surface area contributed by atoms with Crippen LogP contribution in [-0.2, 0) is 4.74 Å². The zero-order chi connectivity index (χ0) is 23.2. The maximum absolute atomic E-state index is 12.6. The molecule has 2 aromatic carbocycles. The summed E-state index contributed by atoms with van der Waals surface area (Å²) in [5.74, 6) is 3.12. The van der Waals surface area contributed by atoms with Gasteiger partial charge < -0.3 is 29.7 Å². The van der Waals surface area contributed by atoms with Crippen LogP contribution in [0.3, 0.4) is 0 Å². The van der Waals surface area contributed by atoms with E-state index in [0.717, 1.165) is 24.6 Å². The van der Waals surface area contributed by atoms with Crippen LogP contribution in [0.15, 0.2) is 48.5 Å². The smallest absolute Gasteiger partial charge is 0.255 e. The molecule has 2 N–H and O–H groups in total. The molecular formula is C24H27N5O4. The molecule has 4 rings (SSSR count). The molecule has 172 valence electrons. The van der Waals surface area contributed by atoms with Gasteiger partial charge in [0.25, 0.3) is 5.91 Å². The third-order valence-corrected chi connectivity index (χ3v) is 5.22. The first kappa shape index (κ1) is 22.3. The summed E-state index contributed by atoms with van der Waals surface area (Å²) in [7, 11) is 3.09. The molecule has 9 heteroatoms. The Balaban J connectivity index is 1.42. The van der Waals surface area contributed by atoms with Gasteiger partial charge in [-0.25, -0.2) is 9.97 Å².